The first-order valence-electron chi connectivity index (χ1n) is 4.58. The number of aliphatic hydroxyl groups is 1. The van der Waals surface area contributed by atoms with Crippen molar-refractivity contribution in [2.45, 2.75) is 12.3 Å². The van der Waals surface area contributed by atoms with Gasteiger partial charge >= 0.3 is 6.18 Å². The second-order valence-electron chi connectivity index (χ2n) is 3.38. The Kier molecular flexibility index (Phi) is 2.92. The largest absolute Gasteiger partial charge is 0.443 e. The zero-order valence-electron chi connectivity index (χ0n) is 8.64. The molecular weight excluding hydrogens is 255 g/mol. The molecule has 0 radical (unpaired) electrons. The molecule has 0 aromatic carbocycles. The normalized spacial score (nSPS) is 13.9. The van der Waals surface area contributed by atoms with Gasteiger partial charge in [0.05, 0.1) is 10.6 Å². The molecule has 2 rings (SSSR count). The van der Waals surface area contributed by atoms with Crippen LogP contribution in [0.5, 0.6) is 0 Å². The van der Waals surface area contributed by atoms with E-state index in [-0.39, 0.29) is 4.88 Å². The average molecular weight is 263 g/mol. The summed E-state index contributed by atoms with van der Waals surface area (Å²) in [5.74, 6) is 0. The van der Waals surface area contributed by atoms with Crippen molar-refractivity contribution in [2.75, 3.05) is 0 Å². The number of thiazole rings is 1. The third kappa shape index (κ3) is 2.47. The molecule has 0 saturated carbocycles. The van der Waals surface area contributed by atoms with Gasteiger partial charge in [0.1, 0.15) is 6.10 Å². The maximum Gasteiger partial charge on any atom is 0.443 e. The molecule has 0 amide bonds. The highest BCUT2D eigenvalue weighted by atomic mass is 32.1. The van der Waals surface area contributed by atoms with Crippen LogP contribution >= 0.6 is 11.3 Å². The van der Waals surface area contributed by atoms with E-state index in [1.54, 1.807) is 13.2 Å². The molecule has 0 spiro atoms. The molecule has 1 atom stereocenters. The van der Waals surface area contributed by atoms with E-state index in [2.05, 4.69) is 10.1 Å². The third-order valence-electron chi connectivity index (χ3n) is 2.05. The van der Waals surface area contributed by atoms with Crippen LogP contribution in [0.4, 0.5) is 13.2 Å². The first-order valence-corrected chi connectivity index (χ1v) is 5.40. The van der Waals surface area contributed by atoms with E-state index in [1.807, 2.05) is 0 Å². The highest BCUT2D eigenvalue weighted by molar-refractivity contribution is 7.11. The first kappa shape index (κ1) is 12.1. The number of nitrogens with zero attached hydrogens (tertiary/aromatic N) is 3. The van der Waals surface area contributed by atoms with Crippen molar-refractivity contribution in [1.29, 1.82) is 0 Å². The van der Waals surface area contributed by atoms with Gasteiger partial charge in [-0.15, -0.1) is 11.3 Å². The van der Waals surface area contributed by atoms with Crippen LogP contribution < -0.4 is 0 Å². The fourth-order valence-corrected chi connectivity index (χ4v) is 2.05. The summed E-state index contributed by atoms with van der Waals surface area (Å²) in [6.45, 7) is 0. The number of hydrogen-bond acceptors (Lipinski definition) is 4. The summed E-state index contributed by atoms with van der Waals surface area (Å²) < 4.78 is 38.4. The maximum absolute atomic E-state index is 12.3. The molecule has 0 fully saturated rings. The van der Waals surface area contributed by atoms with Crippen LogP contribution in [-0.4, -0.2) is 19.9 Å². The number of aliphatic hydroxyl groups excluding tert-OH is 1. The van der Waals surface area contributed by atoms with Gasteiger partial charge in [-0.25, -0.2) is 4.98 Å². The minimum Gasteiger partial charge on any atom is -0.381 e. The quantitative estimate of drug-likeness (QED) is 0.901. The van der Waals surface area contributed by atoms with E-state index >= 15 is 0 Å². The van der Waals surface area contributed by atoms with Gasteiger partial charge in [0, 0.05) is 19.4 Å². The summed E-state index contributed by atoms with van der Waals surface area (Å²) in [4.78, 5) is 3.36. The predicted molar refractivity (Wildman–Crippen MR) is 54.4 cm³/mol. The van der Waals surface area contributed by atoms with Crippen molar-refractivity contribution < 1.29 is 18.3 Å². The van der Waals surface area contributed by atoms with E-state index in [1.165, 1.54) is 10.7 Å². The molecular formula is C9H8F3N3OS. The maximum atomic E-state index is 12.3. The lowest BCUT2D eigenvalue weighted by molar-refractivity contribution is -0.137. The van der Waals surface area contributed by atoms with Crippen molar-refractivity contribution in [3.63, 3.8) is 0 Å². The summed E-state index contributed by atoms with van der Waals surface area (Å²) >= 11 is 0.417. The van der Waals surface area contributed by atoms with Crippen LogP contribution in [0.3, 0.4) is 0 Å². The van der Waals surface area contributed by atoms with Crippen molar-refractivity contribution in [3.8, 4) is 0 Å². The predicted octanol–water partition coefficient (Wildman–Crippen LogP) is 1.98. The van der Waals surface area contributed by atoms with Crippen molar-refractivity contribution in [2.24, 2.45) is 7.05 Å². The Hall–Kier alpha value is -1.41. The number of halogens is 3. The Morgan fingerprint density at radius 3 is 2.65 bits per heavy atom. The second kappa shape index (κ2) is 4.11. The Morgan fingerprint density at radius 1 is 1.47 bits per heavy atom. The summed E-state index contributed by atoms with van der Waals surface area (Å²) in [6, 6.07) is 1.54. The Labute approximate surface area is 98.3 Å². The fourth-order valence-electron chi connectivity index (χ4n) is 1.27. The van der Waals surface area contributed by atoms with E-state index in [9.17, 15) is 18.3 Å². The van der Waals surface area contributed by atoms with Gasteiger partial charge in [0.25, 0.3) is 0 Å². The zero-order chi connectivity index (χ0) is 12.6. The molecule has 92 valence electrons. The molecule has 17 heavy (non-hydrogen) atoms. The van der Waals surface area contributed by atoms with Crippen LogP contribution in [0.25, 0.3) is 0 Å². The minimum absolute atomic E-state index is 0.121. The highest BCUT2D eigenvalue weighted by Gasteiger charge is 2.35. The summed E-state index contributed by atoms with van der Waals surface area (Å²) in [5.41, 5.74) is 0.296. The number of hydrogen-bond donors (Lipinski definition) is 1. The Morgan fingerprint density at radius 2 is 2.18 bits per heavy atom. The summed E-state index contributed by atoms with van der Waals surface area (Å²) in [5, 5.41) is 12.8. The van der Waals surface area contributed by atoms with Crippen molar-refractivity contribution in [1.82, 2.24) is 14.8 Å². The topological polar surface area (TPSA) is 50.9 Å². The lowest BCUT2D eigenvalue weighted by atomic mass is 10.2. The molecule has 1 N–H and O–H groups in total. The van der Waals surface area contributed by atoms with Crippen LogP contribution in [0, 0.1) is 0 Å². The Balaban J connectivity index is 2.26. The van der Waals surface area contributed by atoms with Gasteiger partial charge in [-0.05, 0) is 6.07 Å². The Bertz CT molecular complexity index is 520. The monoisotopic (exact) mass is 263 g/mol. The van der Waals surface area contributed by atoms with Gasteiger partial charge in [-0.3, -0.25) is 4.68 Å². The molecule has 0 saturated heterocycles. The van der Waals surface area contributed by atoms with Gasteiger partial charge in [-0.2, -0.15) is 18.3 Å². The summed E-state index contributed by atoms with van der Waals surface area (Å²) in [6.07, 6.45) is -3.03. The SMILES string of the molecule is Cn1ccc(C(O)c2cnc(C(F)(F)F)s2)n1. The molecule has 0 bridgehead atoms. The number of aryl methyl sites for hydroxylation is 1. The van der Waals surface area contributed by atoms with Crippen molar-refractivity contribution in [3.05, 3.63) is 34.0 Å². The number of alkyl halides is 3. The smallest absolute Gasteiger partial charge is 0.381 e. The molecule has 2 aromatic rings. The third-order valence-corrected chi connectivity index (χ3v) is 3.14. The number of rotatable bonds is 2. The van der Waals surface area contributed by atoms with E-state index in [0.717, 1.165) is 6.20 Å². The molecule has 1 unspecified atom stereocenters. The lowest BCUT2D eigenvalue weighted by Crippen LogP contribution is -2.03. The van der Waals surface area contributed by atoms with Crippen LogP contribution in [-0.2, 0) is 13.2 Å². The van der Waals surface area contributed by atoms with Crippen LogP contribution in [0.15, 0.2) is 18.5 Å². The lowest BCUT2D eigenvalue weighted by Gasteiger charge is -2.03. The van der Waals surface area contributed by atoms with E-state index in [4.69, 9.17) is 0 Å². The molecule has 8 heteroatoms. The fraction of sp³-hybridized carbons (Fsp3) is 0.333. The molecule has 2 heterocycles. The van der Waals surface area contributed by atoms with Gasteiger partial charge in [0.2, 0.25) is 0 Å². The van der Waals surface area contributed by atoms with Gasteiger partial charge in [-0.1, -0.05) is 0 Å². The van der Waals surface area contributed by atoms with Gasteiger partial charge < -0.3 is 5.11 Å². The second-order valence-corrected chi connectivity index (χ2v) is 4.44. The molecule has 0 aliphatic heterocycles. The first-order chi connectivity index (χ1) is 7.88. The van der Waals surface area contributed by atoms with Crippen LogP contribution in [0.2, 0.25) is 0 Å². The standard InChI is InChI=1S/C9H8F3N3OS/c1-15-3-2-5(14-15)7(16)6-4-13-8(17-6)9(10,11)12/h2-4,7,16H,1H3. The number of aromatic nitrogens is 3. The van der Waals surface area contributed by atoms with Gasteiger partial charge in [0.15, 0.2) is 5.01 Å². The summed E-state index contributed by atoms with van der Waals surface area (Å²) in [7, 11) is 1.66. The van der Waals surface area contributed by atoms with E-state index < -0.39 is 17.3 Å². The highest BCUT2D eigenvalue weighted by Crippen LogP contribution is 2.35. The molecule has 4 nitrogen and oxygen atoms in total. The van der Waals surface area contributed by atoms with Crippen LogP contribution in [0.1, 0.15) is 21.7 Å². The zero-order valence-corrected chi connectivity index (χ0v) is 9.46. The molecule has 0 aliphatic carbocycles. The molecule has 0 aliphatic rings. The van der Waals surface area contributed by atoms with E-state index in [0.29, 0.717) is 17.0 Å². The van der Waals surface area contributed by atoms with Crippen molar-refractivity contribution >= 4 is 11.3 Å². The average Bonchev–Trinajstić information content (AvgIpc) is 2.83. The molecule has 2 aromatic heterocycles. The minimum atomic E-state index is -4.48.